The molecular weight excluding hydrogens is 196 g/mol. The molecule has 2 N–H and O–H groups in total. The number of thiophene rings is 1. The zero-order valence-corrected chi connectivity index (χ0v) is 8.96. The normalized spacial score (nSPS) is 27.3. The molecule has 4 heteroatoms. The molecule has 1 aliphatic rings. The first-order chi connectivity index (χ1) is 6.74. The number of likely N-dealkylation sites (tertiary alicyclic amines) is 1. The van der Waals surface area contributed by atoms with Gasteiger partial charge in [0.2, 0.25) is 5.91 Å². The van der Waals surface area contributed by atoms with E-state index in [1.165, 1.54) is 4.88 Å². The van der Waals surface area contributed by atoms with Gasteiger partial charge in [-0.25, -0.2) is 0 Å². The molecule has 0 spiro atoms. The number of carbonyl (C=O) groups excluding carboxylic acids is 1. The summed E-state index contributed by atoms with van der Waals surface area (Å²) in [5.41, 5.74) is 5.97. The minimum absolute atomic E-state index is 0.0406. The van der Waals surface area contributed by atoms with Crippen LogP contribution in [0.3, 0.4) is 0 Å². The summed E-state index contributed by atoms with van der Waals surface area (Å²) in [6.07, 6.45) is 0.483. The first kappa shape index (κ1) is 9.68. The van der Waals surface area contributed by atoms with Crippen LogP contribution in [0.1, 0.15) is 24.3 Å². The number of hydrogen-bond donors (Lipinski definition) is 1. The molecule has 0 aromatic carbocycles. The third kappa shape index (κ3) is 1.44. The molecule has 14 heavy (non-hydrogen) atoms. The van der Waals surface area contributed by atoms with Gasteiger partial charge in [0.1, 0.15) is 0 Å². The Morgan fingerprint density at radius 2 is 2.50 bits per heavy atom. The van der Waals surface area contributed by atoms with E-state index in [0.717, 1.165) is 6.54 Å². The Kier molecular flexibility index (Phi) is 2.56. The highest BCUT2D eigenvalue weighted by molar-refractivity contribution is 7.10. The maximum Gasteiger partial charge on any atom is 0.224 e. The van der Waals surface area contributed by atoms with Gasteiger partial charge < -0.3 is 10.6 Å². The van der Waals surface area contributed by atoms with Gasteiger partial charge in [0, 0.05) is 23.9 Å². The summed E-state index contributed by atoms with van der Waals surface area (Å²) < 4.78 is 0. The Morgan fingerprint density at radius 3 is 3.07 bits per heavy atom. The van der Waals surface area contributed by atoms with Gasteiger partial charge in [-0.05, 0) is 18.4 Å². The van der Waals surface area contributed by atoms with Crippen molar-refractivity contribution in [2.75, 3.05) is 6.54 Å². The monoisotopic (exact) mass is 210 g/mol. The molecular formula is C10H14N2OS. The van der Waals surface area contributed by atoms with Crippen LogP contribution in [-0.2, 0) is 4.79 Å². The third-order valence-electron chi connectivity index (χ3n) is 2.65. The third-order valence-corrected chi connectivity index (χ3v) is 3.59. The van der Waals surface area contributed by atoms with Gasteiger partial charge in [0.05, 0.1) is 6.04 Å². The van der Waals surface area contributed by atoms with Crippen molar-refractivity contribution in [3.63, 3.8) is 0 Å². The molecule has 2 unspecified atom stereocenters. The average molecular weight is 210 g/mol. The fourth-order valence-electron chi connectivity index (χ4n) is 2.01. The highest BCUT2D eigenvalue weighted by Gasteiger charge is 2.37. The zero-order chi connectivity index (χ0) is 10.1. The van der Waals surface area contributed by atoms with Crippen LogP contribution in [0.5, 0.6) is 0 Å². The van der Waals surface area contributed by atoms with E-state index in [1.54, 1.807) is 11.3 Å². The predicted molar refractivity (Wildman–Crippen MR) is 57.0 cm³/mol. The number of likely N-dealkylation sites (N-methyl/N-ethyl adjacent to an activating group) is 1. The summed E-state index contributed by atoms with van der Waals surface area (Å²) >= 11 is 1.67. The Hall–Kier alpha value is -0.870. The smallest absolute Gasteiger partial charge is 0.224 e. The van der Waals surface area contributed by atoms with Crippen LogP contribution in [0.25, 0.3) is 0 Å². The number of hydrogen-bond acceptors (Lipinski definition) is 3. The van der Waals surface area contributed by atoms with E-state index in [-0.39, 0.29) is 18.0 Å². The summed E-state index contributed by atoms with van der Waals surface area (Å²) in [6, 6.07) is 4.12. The molecule has 0 aliphatic carbocycles. The first-order valence-corrected chi connectivity index (χ1v) is 5.70. The molecule has 1 fully saturated rings. The van der Waals surface area contributed by atoms with Crippen molar-refractivity contribution in [1.82, 2.24) is 4.90 Å². The van der Waals surface area contributed by atoms with Crippen molar-refractivity contribution >= 4 is 17.2 Å². The average Bonchev–Trinajstić information content (AvgIpc) is 2.72. The van der Waals surface area contributed by atoms with Crippen LogP contribution in [0.2, 0.25) is 0 Å². The van der Waals surface area contributed by atoms with Crippen LogP contribution >= 0.6 is 11.3 Å². The van der Waals surface area contributed by atoms with Crippen molar-refractivity contribution in [2.24, 2.45) is 5.73 Å². The number of rotatable bonds is 2. The molecule has 2 atom stereocenters. The number of nitrogens with two attached hydrogens (primary N) is 1. The minimum Gasteiger partial charge on any atom is -0.333 e. The van der Waals surface area contributed by atoms with Crippen molar-refractivity contribution in [3.8, 4) is 0 Å². The highest BCUT2D eigenvalue weighted by Crippen LogP contribution is 2.33. The molecule has 2 rings (SSSR count). The highest BCUT2D eigenvalue weighted by atomic mass is 32.1. The lowest BCUT2D eigenvalue weighted by molar-refractivity contribution is -0.128. The second kappa shape index (κ2) is 3.71. The van der Waals surface area contributed by atoms with Crippen molar-refractivity contribution in [3.05, 3.63) is 22.4 Å². The molecule has 0 saturated carbocycles. The van der Waals surface area contributed by atoms with Gasteiger partial charge in [0.25, 0.3) is 0 Å². The maximum absolute atomic E-state index is 11.6. The molecule has 1 amide bonds. The maximum atomic E-state index is 11.6. The van der Waals surface area contributed by atoms with Gasteiger partial charge in [-0.2, -0.15) is 0 Å². The number of amides is 1. The molecule has 3 nitrogen and oxygen atoms in total. The van der Waals surface area contributed by atoms with Crippen molar-refractivity contribution < 1.29 is 4.79 Å². The molecule has 2 heterocycles. The topological polar surface area (TPSA) is 46.3 Å². The molecule has 1 saturated heterocycles. The molecule has 0 bridgehead atoms. The lowest BCUT2D eigenvalue weighted by Gasteiger charge is -2.24. The molecule has 0 radical (unpaired) electrons. The Balaban J connectivity index is 2.28. The largest absolute Gasteiger partial charge is 0.333 e. The van der Waals surface area contributed by atoms with Gasteiger partial charge in [-0.1, -0.05) is 6.07 Å². The van der Waals surface area contributed by atoms with E-state index in [4.69, 9.17) is 5.73 Å². The Bertz CT molecular complexity index is 323. The van der Waals surface area contributed by atoms with E-state index >= 15 is 0 Å². The summed E-state index contributed by atoms with van der Waals surface area (Å²) in [6.45, 7) is 2.74. The number of nitrogens with zero attached hydrogens (tertiary/aromatic N) is 1. The van der Waals surface area contributed by atoms with Crippen LogP contribution < -0.4 is 5.73 Å². The summed E-state index contributed by atoms with van der Waals surface area (Å²) in [4.78, 5) is 14.6. The van der Waals surface area contributed by atoms with E-state index < -0.39 is 0 Å². The van der Waals surface area contributed by atoms with E-state index in [1.807, 2.05) is 23.3 Å². The van der Waals surface area contributed by atoms with Crippen molar-refractivity contribution in [2.45, 2.75) is 25.4 Å². The van der Waals surface area contributed by atoms with Crippen molar-refractivity contribution in [1.29, 1.82) is 0 Å². The van der Waals surface area contributed by atoms with Gasteiger partial charge in [0.15, 0.2) is 0 Å². The quantitative estimate of drug-likeness (QED) is 0.801. The second-order valence-corrected chi connectivity index (χ2v) is 4.49. The fourth-order valence-corrected chi connectivity index (χ4v) is 2.93. The van der Waals surface area contributed by atoms with Gasteiger partial charge in [-0.15, -0.1) is 11.3 Å². The fraction of sp³-hybridized carbons (Fsp3) is 0.500. The predicted octanol–water partition coefficient (Wildman–Crippen LogP) is 1.37. The lowest BCUT2D eigenvalue weighted by Crippen LogP contribution is -2.32. The van der Waals surface area contributed by atoms with Crippen LogP contribution in [-0.4, -0.2) is 23.4 Å². The second-order valence-electron chi connectivity index (χ2n) is 3.51. The Morgan fingerprint density at radius 1 is 1.71 bits per heavy atom. The van der Waals surface area contributed by atoms with Crippen LogP contribution in [0.4, 0.5) is 0 Å². The van der Waals surface area contributed by atoms with E-state index in [2.05, 4.69) is 6.07 Å². The SMILES string of the molecule is CCN1C(=O)CC(N)C1c1cccs1. The molecule has 1 aromatic rings. The Labute approximate surface area is 87.5 Å². The van der Waals surface area contributed by atoms with E-state index in [0.29, 0.717) is 6.42 Å². The van der Waals surface area contributed by atoms with Crippen LogP contribution in [0, 0.1) is 0 Å². The van der Waals surface area contributed by atoms with E-state index in [9.17, 15) is 4.79 Å². The minimum atomic E-state index is -0.0406. The van der Waals surface area contributed by atoms with Gasteiger partial charge >= 0.3 is 0 Å². The number of carbonyl (C=O) groups is 1. The summed E-state index contributed by atoms with van der Waals surface area (Å²) in [5, 5.41) is 2.03. The molecule has 1 aromatic heterocycles. The first-order valence-electron chi connectivity index (χ1n) is 4.82. The summed E-state index contributed by atoms with van der Waals surface area (Å²) in [7, 11) is 0. The zero-order valence-electron chi connectivity index (χ0n) is 8.14. The lowest BCUT2D eigenvalue weighted by atomic mass is 10.1. The summed E-state index contributed by atoms with van der Waals surface area (Å²) in [5.74, 6) is 0.179. The van der Waals surface area contributed by atoms with Gasteiger partial charge in [-0.3, -0.25) is 4.79 Å². The molecule has 1 aliphatic heterocycles. The molecule has 76 valence electrons. The van der Waals surface area contributed by atoms with Crippen LogP contribution in [0.15, 0.2) is 17.5 Å². The standard InChI is InChI=1S/C10H14N2OS/c1-2-12-9(13)6-7(11)10(12)8-4-3-5-14-8/h3-5,7,10H,2,6,11H2,1H3.